The van der Waals surface area contributed by atoms with Gasteiger partial charge in [-0.1, -0.05) is 26.2 Å². The smallest absolute Gasteiger partial charge is 0.305 e. The molecule has 0 aromatic carbocycles. The van der Waals surface area contributed by atoms with Gasteiger partial charge >= 0.3 is 5.97 Å². The van der Waals surface area contributed by atoms with Gasteiger partial charge in [0.2, 0.25) is 0 Å². The zero-order valence-electron chi connectivity index (χ0n) is 10.1. The lowest BCUT2D eigenvalue weighted by Crippen LogP contribution is -1.99. The van der Waals surface area contributed by atoms with Crippen molar-refractivity contribution in [2.75, 3.05) is 18.6 Å². The van der Waals surface area contributed by atoms with Crippen LogP contribution in [0.4, 0.5) is 0 Å². The maximum absolute atomic E-state index is 10.8. The van der Waals surface area contributed by atoms with Crippen LogP contribution in [0, 0.1) is 0 Å². The average Bonchev–Trinajstić information content (AvgIpc) is 2.26. The summed E-state index contributed by atoms with van der Waals surface area (Å²) in [7, 11) is 1.45. The van der Waals surface area contributed by atoms with Crippen molar-refractivity contribution in [1.82, 2.24) is 0 Å². The van der Waals surface area contributed by atoms with E-state index in [0.29, 0.717) is 6.42 Å². The number of hydrogen-bond donors (Lipinski definition) is 0. The van der Waals surface area contributed by atoms with E-state index >= 15 is 0 Å². The molecule has 0 aliphatic heterocycles. The number of ether oxygens (including phenoxy) is 1. The second kappa shape index (κ2) is 11.9. The molecule has 0 heterocycles. The molecule has 0 aliphatic carbocycles. The molecule has 0 unspecified atom stereocenters. The Balaban J connectivity index is 2.95. The van der Waals surface area contributed by atoms with Crippen molar-refractivity contribution in [3.63, 3.8) is 0 Å². The number of hydrogen-bond acceptors (Lipinski definition) is 3. The summed E-state index contributed by atoms with van der Waals surface area (Å²) in [5, 5.41) is 0. The maximum atomic E-state index is 10.8. The molecule has 3 heteroatoms. The Morgan fingerprint density at radius 1 is 1.07 bits per heavy atom. The molecule has 0 N–H and O–H groups in total. The molecule has 0 spiro atoms. The van der Waals surface area contributed by atoms with Crippen molar-refractivity contribution < 1.29 is 9.53 Å². The van der Waals surface area contributed by atoms with Crippen LogP contribution in [0.3, 0.4) is 0 Å². The van der Waals surface area contributed by atoms with E-state index in [0.717, 1.165) is 12.8 Å². The molecule has 0 radical (unpaired) electrons. The molecular formula is C12H24O2S. The van der Waals surface area contributed by atoms with E-state index in [1.807, 2.05) is 0 Å². The molecule has 2 nitrogen and oxygen atoms in total. The Bertz CT molecular complexity index is 149. The fraction of sp³-hybridized carbons (Fsp3) is 0.917. The second-order valence-electron chi connectivity index (χ2n) is 3.71. The van der Waals surface area contributed by atoms with Gasteiger partial charge in [0.1, 0.15) is 0 Å². The van der Waals surface area contributed by atoms with E-state index in [4.69, 9.17) is 0 Å². The van der Waals surface area contributed by atoms with Gasteiger partial charge in [0.05, 0.1) is 7.11 Å². The Morgan fingerprint density at radius 2 is 1.73 bits per heavy atom. The Hall–Kier alpha value is -0.180. The van der Waals surface area contributed by atoms with Crippen LogP contribution in [0.25, 0.3) is 0 Å². The first kappa shape index (κ1) is 14.8. The van der Waals surface area contributed by atoms with Gasteiger partial charge in [-0.3, -0.25) is 4.79 Å². The fourth-order valence-corrected chi connectivity index (χ4v) is 2.25. The highest BCUT2D eigenvalue weighted by Crippen LogP contribution is 2.10. The molecule has 0 aromatic heterocycles. The monoisotopic (exact) mass is 232 g/mol. The number of methoxy groups -OCH3 is 1. The lowest BCUT2D eigenvalue weighted by Gasteiger charge is -2.01. The van der Waals surface area contributed by atoms with Crippen LogP contribution in [-0.2, 0) is 9.53 Å². The van der Waals surface area contributed by atoms with Crippen molar-refractivity contribution in [1.29, 1.82) is 0 Å². The van der Waals surface area contributed by atoms with Crippen LogP contribution in [0.1, 0.15) is 51.9 Å². The lowest BCUT2D eigenvalue weighted by atomic mass is 10.1. The first-order valence-electron chi connectivity index (χ1n) is 5.95. The predicted octanol–water partition coefficient (Wildman–Crippen LogP) is 3.64. The number of unbranched alkanes of at least 4 members (excludes halogenated alkanes) is 4. The summed E-state index contributed by atoms with van der Waals surface area (Å²) >= 11 is 2.05. The lowest BCUT2D eigenvalue weighted by molar-refractivity contribution is -0.140. The highest BCUT2D eigenvalue weighted by molar-refractivity contribution is 7.99. The third kappa shape index (κ3) is 11.7. The largest absolute Gasteiger partial charge is 0.469 e. The normalized spacial score (nSPS) is 10.3. The molecule has 0 aliphatic rings. The number of carbonyl (C=O) groups excluding carboxylic acids is 1. The summed E-state index contributed by atoms with van der Waals surface area (Å²) in [6, 6.07) is 0. The zero-order chi connectivity index (χ0) is 11.4. The molecule has 0 bridgehead atoms. The molecule has 0 rings (SSSR count). The van der Waals surface area contributed by atoms with Crippen molar-refractivity contribution in [2.24, 2.45) is 0 Å². The summed E-state index contributed by atoms with van der Waals surface area (Å²) in [4.78, 5) is 10.8. The summed E-state index contributed by atoms with van der Waals surface area (Å²) in [5.41, 5.74) is 0. The van der Waals surface area contributed by atoms with Crippen LogP contribution in [0.15, 0.2) is 0 Å². The van der Waals surface area contributed by atoms with E-state index in [2.05, 4.69) is 23.4 Å². The Kier molecular flexibility index (Phi) is 11.7. The standard InChI is InChI=1S/C12H24O2S/c1-3-10-15-11-8-6-4-5-7-9-12(13)14-2/h3-11H2,1-2H3. The van der Waals surface area contributed by atoms with Crippen LogP contribution < -0.4 is 0 Å². The number of carbonyl (C=O) groups is 1. The third-order valence-electron chi connectivity index (χ3n) is 2.25. The first-order valence-corrected chi connectivity index (χ1v) is 7.11. The number of rotatable bonds is 10. The molecule has 0 saturated carbocycles. The summed E-state index contributed by atoms with van der Waals surface area (Å²) < 4.78 is 4.58. The van der Waals surface area contributed by atoms with Gasteiger partial charge < -0.3 is 4.74 Å². The quantitative estimate of drug-likeness (QED) is 0.425. The average molecular weight is 232 g/mol. The fourth-order valence-electron chi connectivity index (χ4n) is 1.35. The molecule has 0 saturated heterocycles. The second-order valence-corrected chi connectivity index (χ2v) is 4.93. The summed E-state index contributed by atoms with van der Waals surface area (Å²) in [5.74, 6) is 2.51. The van der Waals surface area contributed by atoms with Crippen LogP contribution in [0.2, 0.25) is 0 Å². The van der Waals surface area contributed by atoms with Gasteiger partial charge in [-0.2, -0.15) is 11.8 Å². The molecule has 0 fully saturated rings. The highest BCUT2D eigenvalue weighted by atomic mass is 32.2. The van der Waals surface area contributed by atoms with Gasteiger partial charge in [0, 0.05) is 6.42 Å². The molecule has 0 aromatic rings. The summed E-state index contributed by atoms with van der Waals surface area (Å²) in [6.45, 7) is 2.22. The molecule has 0 amide bonds. The minimum Gasteiger partial charge on any atom is -0.469 e. The topological polar surface area (TPSA) is 26.3 Å². The minimum absolute atomic E-state index is 0.0755. The third-order valence-corrected chi connectivity index (χ3v) is 3.52. The minimum atomic E-state index is -0.0755. The van der Waals surface area contributed by atoms with Crippen molar-refractivity contribution >= 4 is 17.7 Å². The zero-order valence-corrected chi connectivity index (χ0v) is 10.9. The van der Waals surface area contributed by atoms with Crippen LogP contribution >= 0.6 is 11.8 Å². The van der Waals surface area contributed by atoms with Crippen molar-refractivity contribution in [2.45, 2.75) is 51.9 Å². The Labute approximate surface area is 98.2 Å². The molecule has 15 heavy (non-hydrogen) atoms. The van der Waals surface area contributed by atoms with E-state index in [-0.39, 0.29) is 5.97 Å². The highest BCUT2D eigenvalue weighted by Gasteiger charge is 1.98. The maximum Gasteiger partial charge on any atom is 0.305 e. The Morgan fingerprint density at radius 3 is 2.40 bits per heavy atom. The van der Waals surface area contributed by atoms with Crippen LogP contribution in [-0.4, -0.2) is 24.6 Å². The van der Waals surface area contributed by atoms with Gasteiger partial charge in [0.25, 0.3) is 0 Å². The van der Waals surface area contributed by atoms with E-state index in [9.17, 15) is 4.79 Å². The number of esters is 1. The van der Waals surface area contributed by atoms with Crippen LogP contribution in [0.5, 0.6) is 0 Å². The first-order chi connectivity index (χ1) is 7.31. The van der Waals surface area contributed by atoms with Crippen molar-refractivity contribution in [3.05, 3.63) is 0 Å². The SMILES string of the molecule is CCCSCCCCCCCC(=O)OC. The number of thioether (sulfide) groups is 1. The van der Waals surface area contributed by atoms with Crippen molar-refractivity contribution in [3.8, 4) is 0 Å². The van der Waals surface area contributed by atoms with Gasteiger partial charge in [0.15, 0.2) is 0 Å². The van der Waals surface area contributed by atoms with E-state index in [1.54, 1.807) is 0 Å². The van der Waals surface area contributed by atoms with Gasteiger partial charge in [-0.25, -0.2) is 0 Å². The molecule has 0 atom stereocenters. The van der Waals surface area contributed by atoms with E-state index < -0.39 is 0 Å². The van der Waals surface area contributed by atoms with Gasteiger partial charge in [-0.15, -0.1) is 0 Å². The van der Waals surface area contributed by atoms with Gasteiger partial charge in [-0.05, 0) is 30.8 Å². The molecular weight excluding hydrogens is 208 g/mol. The predicted molar refractivity (Wildman–Crippen MR) is 67.3 cm³/mol. The molecule has 90 valence electrons. The summed E-state index contributed by atoms with van der Waals surface area (Å²) in [6.07, 6.45) is 7.89. The van der Waals surface area contributed by atoms with E-state index in [1.165, 1.54) is 44.3 Å².